The van der Waals surface area contributed by atoms with Gasteiger partial charge >= 0.3 is 0 Å². The van der Waals surface area contributed by atoms with E-state index in [1.165, 1.54) is 13.0 Å². The lowest BCUT2D eigenvalue weighted by molar-refractivity contribution is -0.142. The second-order valence-electron chi connectivity index (χ2n) is 10.7. The number of furan rings is 1. The number of nitrogens with zero attached hydrogens (tertiary/aromatic N) is 2. The summed E-state index contributed by atoms with van der Waals surface area (Å²) in [6.07, 6.45) is 4.56. The topological polar surface area (TPSA) is 157 Å². The lowest BCUT2D eigenvalue weighted by Gasteiger charge is -2.31. The van der Waals surface area contributed by atoms with Crippen molar-refractivity contribution >= 4 is 40.5 Å². The fourth-order valence-electron chi connectivity index (χ4n) is 5.20. The highest BCUT2D eigenvalue weighted by molar-refractivity contribution is 6.10. The molecule has 0 radical (unpaired) electrons. The van der Waals surface area contributed by atoms with Crippen molar-refractivity contribution in [2.24, 2.45) is 0 Å². The largest absolute Gasteiger partial charge is 0.493 e. The fraction of sp³-hybridized carbons (Fsp3) is 0.294. The van der Waals surface area contributed by atoms with Gasteiger partial charge in [-0.3, -0.25) is 39.2 Å². The molecule has 5 amide bonds. The minimum absolute atomic E-state index is 0.0295. The Kier molecular flexibility index (Phi) is 10.5. The van der Waals surface area contributed by atoms with E-state index in [0.717, 1.165) is 21.4 Å². The third kappa shape index (κ3) is 7.83. The van der Waals surface area contributed by atoms with Gasteiger partial charge in [0.2, 0.25) is 23.6 Å². The number of pyridine rings is 1. The molecule has 2 unspecified atom stereocenters. The molecule has 1 aliphatic heterocycles. The van der Waals surface area contributed by atoms with Crippen LogP contribution in [0.15, 0.2) is 83.5 Å². The highest BCUT2D eigenvalue weighted by atomic mass is 16.5. The van der Waals surface area contributed by atoms with Gasteiger partial charge in [-0.25, -0.2) is 0 Å². The number of aromatic nitrogens is 1. The maximum Gasteiger partial charge on any atom is 0.264 e. The molecule has 5 rings (SSSR count). The molecule has 1 saturated heterocycles. The van der Waals surface area contributed by atoms with Gasteiger partial charge < -0.3 is 19.2 Å². The van der Waals surface area contributed by atoms with Gasteiger partial charge in [0.15, 0.2) is 0 Å². The van der Waals surface area contributed by atoms with Crippen LogP contribution in [0.3, 0.4) is 0 Å². The smallest absolute Gasteiger partial charge is 0.264 e. The molecule has 1 aliphatic rings. The number of unbranched alkanes of at least 4 members (excludes halogenated alkanes) is 1. The van der Waals surface area contributed by atoms with Crippen LogP contribution >= 0.6 is 0 Å². The van der Waals surface area contributed by atoms with Crippen molar-refractivity contribution in [2.45, 2.75) is 44.7 Å². The molecule has 12 heteroatoms. The first-order chi connectivity index (χ1) is 22.3. The zero-order valence-corrected chi connectivity index (χ0v) is 25.3. The molecular formula is C34H34N4O8. The molecule has 4 aromatic rings. The van der Waals surface area contributed by atoms with Gasteiger partial charge in [-0.15, -0.1) is 0 Å². The Balaban J connectivity index is 1.10. The number of fused-ring (bicyclic) bond motifs is 1. The van der Waals surface area contributed by atoms with Crippen LogP contribution in [0.25, 0.3) is 11.0 Å². The van der Waals surface area contributed by atoms with Gasteiger partial charge in [0.05, 0.1) is 12.2 Å². The van der Waals surface area contributed by atoms with Crippen molar-refractivity contribution in [3.63, 3.8) is 0 Å². The second-order valence-corrected chi connectivity index (χ2v) is 10.7. The minimum Gasteiger partial charge on any atom is -0.493 e. The molecule has 1 fully saturated rings. The molecular weight excluding hydrogens is 592 g/mol. The van der Waals surface area contributed by atoms with Gasteiger partial charge in [-0.2, -0.15) is 0 Å². The summed E-state index contributed by atoms with van der Waals surface area (Å²) < 4.78 is 17.5. The average molecular weight is 627 g/mol. The zero-order chi connectivity index (χ0) is 32.5. The Morgan fingerprint density at radius 2 is 1.83 bits per heavy atom. The van der Waals surface area contributed by atoms with E-state index in [1.807, 2.05) is 36.4 Å². The van der Waals surface area contributed by atoms with Crippen molar-refractivity contribution < 1.29 is 37.9 Å². The van der Waals surface area contributed by atoms with Gasteiger partial charge in [-0.05, 0) is 49.6 Å². The van der Waals surface area contributed by atoms with Gasteiger partial charge in [0, 0.05) is 43.3 Å². The number of carbonyl (C=O) groups is 5. The van der Waals surface area contributed by atoms with Crippen LogP contribution in [-0.2, 0) is 23.9 Å². The molecule has 0 aliphatic carbocycles. The summed E-state index contributed by atoms with van der Waals surface area (Å²) in [6, 6.07) is 18.0. The van der Waals surface area contributed by atoms with Crippen LogP contribution in [0.1, 0.15) is 60.3 Å². The Hall–Kier alpha value is -5.36. The van der Waals surface area contributed by atoms with Crippen LogP contribution in [0.5, 0.6) is 5.75 Å². The first-order valence-corrected chi connectivity index (χ1v) is 15.0. The molecule has 238 valence electrons. The van der Waals surface area contributed by atoms with E-state index in [4.69, 9.17) is 13.9 Å². The first-order valence-electron chi connectivity index (χ1n) is 15.0. The van der Waals surface area contributed by atoms with E-state index in [-0.39, 0.29) is 43.3 Å². The van der Waals surface area contributed by atoms with E-state index < -0.39 is 35.7 Å². The quantitative estimate of drug-likeness (QED) is 0.167. The number of nitrogens with one attached hydrogen (secondary N) is 2. The van der Waals surface area contributed by atoms with E-state index in [2.05, 4.69) is 15.6 Å². The lowest BCUT2D eigenvalue weighted by Crippen LogP contribution is -2.55. The summed E-state index contributed by atoms with van der Waals surface area (Å²) in [4.78, 5) is 67.6. The highest BCUT2D eigenvalue weighted by Gasteiger charge is 2.38. The van der Waals surface area contributed by atoms with E-state index in [0.29, 0.717) is 25.2 Å². The number of carbonyl (C=O) groups excluding carboxylic acids is 5. The average Bonchev–Trinajstić information content (AvgIpc) is 3.49. The second kappa shape index (κ2) is 15.1. The van der Waals surface area contributed by atoms with Crippen molar-refractivity contribution in [1.82, 2.24) is 20.5 Å². The summed E-state index contributed by atoms with van der Waals surface area (Å²) in [7, 11) is 0. The number of piperidine rings is 1. The number of ether oxygens (including phenoxy) is 2. The van der Waals surface area contributed by atoms with Gasteiger partial charge in [0.25, 0.3) is 5.91 Å². The predicted octanol–water partition coefficient (Wildman–Crippen LogP) is 3.70. The summed E-state index contributed by atoms with van der Waals surface area (Å²) in [5.41, 5.74) is 1.62. The Labute approximate surface area is 265 Å². The molecule has 0 bridgehead atoms. The predicted molar refractivity (Wildman–Crippen MR) is 165 cm³/mol. The third-order valence-electron chi connectivity index (χ3n) is 7.42. The van der Waals surface area contributed by atoms with E-state index in [9.17, 15) is 24.0 Å². The van der Waals surface area contributed by atoms with Gasteiger partial charge in [0.1, 0.15) is 35.8 Å². The summed E-state index contributed by atoms with van der Waals surface area (Å²) in [5, 5.41) is 6.08. The van der Waals surface area contributed by atoms with Crippen LogP contribution in [-0.4, -0.2) is 65.3 Å². The van der Waals surface area contributed by atoms with E-state index >= 15 is 0 Å². The lowest BCUT2D eigenvalue weighted by atomic mass is 10.0. The van der Waals surface area contributed by atoms with Crippen molar-refractivity contribution in [3.05, 3.63) is 96.0 Å². The van der Waals surface area contributed by atoms with Crippen LogP contribution in [0, 0.1) is 0 Å². The molecule has 12 nitrogen and oxygen atoms in total. The van der Waals surface area contributed by atoms with Crippen molar-refractivity contribution in [1.29, 1.82) is 0 Å². The molecule has 2 atom stereocenters. The number of rotatable bonds is 13. The Bertz CT molecular complexity index is 1690. The molecule has 2 N–H and O–H groups in total. The highest BCUT2D eigenvalue weighted by Crippen LogP contribution is 2.28. The standard InChI is InChI=1S/C34H34N4O8/c1-22(39)38(26-14-15-30(40)37-33(26)42)34(43)25-11-3-5-13-28(25)45-18-7-6-17-44-21-31(41)36-32(24-10-8-16-35-20-24)29-19-23-9-2-4-12-27(23)46-29/h2-5,8-13,16,19-20,26,32H,6-7,14-15,17-18,21H2,1H3,(H,36,41)(H,37,40,42). The van der Waals surface area contributed by atoms with Crippen molar-refractivity contribution in [2.75, 3.05) is 19.8 Å². The zero-order valence-electron chi connectivity index (χ0n) is 25.3. The molecule has 2 aromatic carbocycles. The maximum atomic E-state index is 13.4. The van der Waals surface area contributed by atoms with Gasteiger partial charge in [-0.1, -0.05) is 36.4 Å². The monoisotopic (exact) mass is 626 g/mol. The minimum atomic E-state index is -1.08. The third-order valence-corrected chi connectivity index (χ3v) is 7.42. The molecule has 3 heterocycles. The Morgan fingerprint density at radius 1 is 1.04 bits per heavy atom. The maximum absolute atomic E-state index is 13.4. The molecule has 0 saturated carbocycles. The summed E-state index contributed by atoms with van der Waals surface area (Å²) >= 11 is 0. The molecule has 2 aromatic heterocycles. The summed E-state index contributed by atoms with van der Waals surface area (Å²) in [5.74, 6) is -1.89. The SMILES string of the molecule is CC(=O)N(C(=O)c1ccccc1OCCCCOCC(=O)NC(c1cccnc1)c1cc2ccccc2o1)C1CCC(=O)NC1=O. The fourth-order valence-corrected chi connectivity index (χ4v) is 5.20. The number of hydrogen-bond acceptors (Lipinski definition) is 9. The van der Waals surface area contributed by atoms with Crippen LogP contribution in [0.2, 0.25) is 0 Å². The Morgan fingerprint density at radius 3 is 2.59 bits per heavy atom. The number of para-hydroxylation sites is 2. The van der Waals surface area contributed by atoms with E-state index in [1.54, 1.807) is 36.7 Å². The molecule has 0 spiro atoms. The number of benzene rings is 2. The molecule has 46 heavy (non-hydrogen) atoms. The summed E-state index contributed by atoms with van der Waals surface area (Å²) in [6.45, 7) is 1.58. The normalized spacial score (nSPS) is 15.2. The first kappa shape index (κ1) is 32.0. The number of hydrogen-bond donors (Lipinski definition) is 2. The van der Waals surface area contributed by atoms with Crippen LogP contribution < -0.4 is 15.4 Å². The van der Waals surface area contributed by atoms with Crippen LogP contribution in [0.4, 0.5) is 0 Å². The number of amides is 5. The van der Waals surface area contributed by atoms with Crippen molar-refractivity contribution in [3.8, 4) is 5.75 Å². The number of imide groups is 2.